The highest BCUT2D eigenvalue weighted by molar-refractivity contribution is 6.53. The fourth-order valence-corrected chi connectivity index (χ4v) is 4.69. The molecule has 39 heavy (non-hydrogen) atoms. The molecule has 0 saturated heterocycles. The average Bonchev–Trinajstić information content (AvgIpc) is 3.16. The van der Waals surface area contributed by atoms with Crippen molar-refractivity contribution in [2.24, 2.45) is 0 Å². The standard InChI is InChI=1S/C31H23Cl2N3O3/c32-24-12-7-13-26(18-24)36-30(38)27(33)28(31(36)39)34-25-16-14-23(15-17-25)29(37)35(19-21-8-3-1-4-9-21)20-22-10-5-2-6-11-22/h1-18,34H,19-20H2. The highest BCUT2D eigenvalue weighted by Gasteiger charge is 2.39. The molecule has 0 spiro atoms. The monoisotopic (exact) mass is 555 g/mol. The van der Waals surface area contributed by atoms with E-state index >= 15 is 0 Å². The normalized spacial score (nSPS) is 13.1. The number of rotatable bonds is 8. The predicted molar refractivity (Wildman–Crippen MR) is 153 cm³/mol. The van der Waals surface area contributed by atoms with Crippen molar-refractivity contribution >= 4 is 52.3 Å². The Hall–Kier alpha value is -4.39. The van der Waals surface area contributed by atoms with Crippen LogP contribution < -0.4 is 10.2 Å². The summed E-state index contributed by atoms with van der Waals surface area (Å²) in [5.74, 6) is -1.37. The molecular formula is C31H23Cl2N3O3. The largest absolute Gasteiger partial charge is 0.350 e. The first-order chi connectivity index (χ1) is 18.9. The molecule has 1 aliphatic rings. The highest BCUT2D eigenvalue weighted by atomic mass is 35.5. The number of carbonyl (C=O) groups excluding carboxylic acids is 3. The van der Waals surface area contributed by atoms with Crippen LogP contribution in [0.3, 0.4) is 0 Å². The van der Waals surface area contributed by atoms with E-state index in [0.29, 0.717) is 35.1 Å². The van der Waals surface area contributed by atoms with Gasteiger partial charge < -0.3 is 10.2 Å². The van der Waals surface area contributed by atoms with Crippen molar-refractivity contribution in [1.82, 2.24) is 4.90 Å². The van der Waals surface area contributed by atoms with Crippen molar-refractivity contribution in [1.29, 1.82) is 0 Å². The second kappa shape index (κ2) is 11.6. The molecule has 8 heteroatoms. The average molecular weight is 556 g/mol. The molecule has 5 rings (SSSR count). The van der Waals surface area contributed by atoms with Crippen LogP contribution in [0.15, 0.2) is 120 Å². The Morgan fingerprint density at radius 3 is 1.87 bits per heavy atom. The van der Waals surface area contributed by atoms with Crippen LogP contribution >= 0.6 is 23.2 Å². The quantitative estimate of drug-likeness (QED) is 0.248. The number of nitrogens with zero attached hydrogens (tertiary/aromatic N) is 2. The summed E-state index contributed by atoms with van der Waals surface area (Å²) in [4.78, 5) is 42.1. The Morgan fingerprint density at radius 2 is 1.31 bits per heavy atom. The van der Waals surface area contributed by atoms with Gasteiger partial charge in [-0.25, -0.2) is 4.90 Å². The second-order valence-corrected chi connectivity index (χ2v) is 9.76. The Morgan fingerprint density at radius 1 is 0.718 bits per heavy atom. The lowest BCUT2D eigenvalue weighted by molar-refractivity contribution is -0.120. The molecule has 1 heterocycles. The number of carbonyl (C=O) groups is 3. The number of hydrogen-bond acceptors (Lipinski definition) is 4. The third-order valence-corrected chi connectivity index (χ3v) is 6.80. The van der Waals surface area contributed by atoms with E-state index in [9.17, 15) is 14.4 Å². The first-order valence-electron chi connectivity index (χ1n) is 12.2. The number of halogens is 2. The summed E-state index contributed by atoms with van der Waals surface area (Å²) in [5.41, 5.74) is 3.32. The zero-order valence-corrected chi connectivity index (χ0v) is 22.2. The zero-order valence-electron chi connectivity index (χ0n) is 20.7. The SMILES string of the molecule is O=C(c1ccc(NC2=C(Cl)C(=O)N(c3cccc(Cl)c3)C2=O)cc1)N(Cc1ccccc1)Cc1ccccc1. The maximum Gasteiger partial charge on any atom is 0.283 e. The van der Waals surface area contributed by atoms with Gasteiger partial charge in [0.25, 0.3) is 17.7 Å². The summed E-state index contributed by atoms with van der Waals surface area (Å²) in [6.45, 7) is 0.903. The topological polar surface area (TPSA) is 69.7 Å². The minimum absolute atomic E-state index is 0.0458. The molecule has 6 nitrogen and oxygen atoms in total. The van der Waals surface area contributed by atoms with Gasteiger partial charge in [-0.2, -0.15) is 0 Å². The molecule has 3 amide bonds. The molecule has 0 saturated carbocycles. The summed E-state index contributed by atoms with van der Waals surface area (Å²) in [6, 6.07) is 32.7. The van der Waals surface area contributed by atoms with E-state index in [-0.39, 0.29) is 16.6 Å². The predicted octanol–water partition coefficient (Wildman–Crippen LogP) is 6.62. The summed E-state index contributed by atoms with van der Waals surface area (Å²) in [7, 11) is 0. The summed E-state index contributed by atoms with van der Waals surface area (Å²) < 4.78 is 0. The first kappa shape index (κ1) is 26.2. The second-order valence-electron chi connectivity index (χ2n) is 8.95. The number of hydrogen-bond donors (Lipinski definition) is 1. The molecule has 0 bridgehead atoms. The zero-order chi connectivity index (χ0) is 27.4. The Bertz CT molecular complexity index is 1510. The van der Waals surface area contributed by atoms with Crippen LogP contribution in [-0.4, -0.2) is 22.6 Å². The molecule has 194 valence electrons. The molecule has 0 radical (unpaired) electrons. The number of amides is 3. The van der Waals surface area contributed by atoms with Gasteiger partial charge in [0, 0.05) is 29.4 Å². The molecular weight excluding hydrogens is 533 g/mol. The Kier molecular flexibility index (Phi) is 7.77. The van der Waals surface area contributed by atoms with Gasteiger partial charge >= 0.3 is 0 Å². The minimum atomic E-state index is -0.643. The van der Waals surface area contributed by atoms with Gasteiger partial charge in [-0.1, -0.05) is 89.9 Å². The van der Waals surface area contributed by atoms with Gasteiger partial charge in [-0.15, -0.1) is 0 Å². The summed E-state index contributed by atoms with van der Waals surface area (Å²) in [6.07, 6.45) is 0. The van der Waals surface area contributed by atoms with Crippen LogP contribution in [0, 0.1) is 0 Å². The van der Waals surface area contributed by atoms with E-state index < -0.39 is 11.8 Å². The Balaban J connectivity index is 1.33. The van der Waals surface area contributed by atoms with Crippen molar-refractivity contribution in [2.45, 2.75) is 13.1 Å². The summed E-state index contributed by atoms with van der Waals surface area (Å²) in [5, 5.41) is 3.10. The van der Waals surface area contributed by atoms with E-state index in [4.69, 9.17) is 23.2 Å². The lowest BCUT2D eigenvalue weighted by Crippen LogP contribution is -2.32. The van der Waals surface area contributed by atoms with E-state index in [1.807, 2.05) is 60.7 Å². The molecule has 0 aliphatic carbocycles. The molecule has 0 unspecified atom stereocenters. The van der Waals surface area contributed by atoms with E-state index in [2.05, 4.69) is 5.32 Å². The fourth-order valence-electron chi connectivity index (χ4n) is 4.29. The van der Waals surface area contributed by atoms with Crippen molar-refractivity contribution in [2.75, 3.05) is 10.2 Å². The van der Waals surface area contributed by atoms with Gasteiger partial charge in [0.1, 0.15) is 10.7 Å². The lowest BCUT2D eigenvalue weighted by Gasteiger charge is -2.23. The lowest BCUT2D eigenvalue weighted by atomic mass is 10.1. The molecule has 1 N–H and O–H groups in total. The number of benzene rings is 4. The van der Waals surface area contributed by atoms with Crippen molar-refractivity contribution in [3.8, 4) is 0 Å². The third-order valence-electron chi connectivity index (χ3n) is 6.21. The van der Waals surface area contributed by atoms with Gasteiger partial charge in [-0.05, 0) is 53.6 Å². The minimum Gasteiger partial charge on any atom is -0.350 e. The third kappa shape index (κ3) is 5.87. The van der Waals surface area contributed by atoms with E-state index in [1.54, 1.807) is 47.4 Å². The number of nitrogens with one attached hydrogen (secondary N) is 1. The number of imide groups is 1. The van der Waals surface area contributed by atoms with E-state index in [1.165, 1.54) is 6.07 Å². The van der Waals surface area contributed by atoms with Crippen LogP contribution in [0.5, 0.6) is 0 Å². The van der Waals surface area contributed by atoms with Crippen molar-refractivity contribution < 1.29 is 14.4 Å². The van der Waals surface area contributed by atoms with Crippen molar-refractivity contribution in [3.05, 3.63) is 142 Å². The van der Waals surface area contributed by atoms with Crippen molar-refractivity contribution in [3.63, 3.8) is 0 Å². The maximum atomic E-state index is 13.5. The van der Waals surface area contributed by atoms with Gasteiger partial charge in [-0.3, -0.25) is 14.4 Å². The molecule has 4 aromatic carbocycles. The van der Waals surface area contributed by atoms with Gasteiger partial charge in [0.05, 0.1) is 5.69 Å². The molecule has 0 aromatic heterocycles. The maximum absolute atomic E-state index is 13.5. The highest BCUT2D eigenvalue weighted by Crippen LogP contribution is 2.31. The Labute approximate surface area is 236 Å². The molecule has 0 fully saturated rings. The first-order valence-corrected chi connectivity index (χ1v) is 12.9. The summed E-state index contributed by atoms with van der Waals surface area (Å²) >= 11 is 12.3. The number of anilines is 2. The van der Waals surface area contributed by atoms with Gasteiger partial charge in [0.15, 0.2) is 0 Å². The van der Waals surface area contributed by atoms with Gasteiger partial charge in [0.2, 0.25) is 0 Å². The van der Waals surface area contributed by atoms with Crippen LogP contribution in [0.4, 0.5) is 11.4 Å². The van der Waals surface area contributed by atoms with Crippen LogP contribution in [0.2, 0.25) is 5.02 Å². The van der Waals surface area contributed by atoms with Crippen LogP contribution in [0.25, 0.3) is 0 Å². The smallest absolute Gasteiger partial charge is 0.283 e. The van der Waals surface area contributed by atoms with E-state index in [0.717, 1.165) is 16.0 Å². The molecule has 1 aliphatic heterocycles. The van der Waals surface area contributed by atoms with Crippen LogP contribution in [-0.2, 0) is 22.7 Å². The molecule has 4 aromatic rings. The fraction of sp³-hybridized carbons (Fsp3) is 0.0645. The van der Waals surface area contributed by atoms with Crippen LogP contribution in [0.1, 0.15) is 21.5 Å². The molecule has 0 atom stereocenters.